The summed E-state index contributed by atoms with van der Waals surface area (Å²) in [6.45, 7) is 25.9. The number of hydrogen-bond acceptors (Lipinski definition) is 5. The number of likely N-dealkylation sites (tertiary alicyclic amines) is 1. The molecule has 1 amide bonds. The first-order valence-electron chi connectivity index (χ1n) is 13.1. The molecule has 0 saturated carbocycles. The average molecular weight is 523 g/mol. The number of anilines is 1. The molecule has 1 aliphatic heterocycles. The van der Waals surface area contributed by atoms with Crippen LogP contribution in [0.3, 0.4) is 0 Å². The Balaban J connectivity index is 2.30. The van der Waals surface area contributed by atoms with Gasteiger partial charge in [-0.25, -0.2) is 0 Å². The van der Waals surface area contributed by atoms with E-state index < -0.39 is 16.6 Å². The molecule has 1 fully saturated rings. The van der Waals surface area contributed by atoms with E-state index in [0.717, 1.165) is 6.42 Å². The monoisotopic (exact) mass is 522 g/mol. The third-order valence-electron chi connectivity index (χ3n) is 8.41. The Labute approximate surface area is 216 Å². The summed E-state index contributed by atoms with van der Waals surface area (Å²) in [5.41, 5.74) is 8.61. The van der Waals surface area contributed by atoms with Gasteiger partial charge in [-0.2, -0.15) is 0 Å². The van der Waals surface area contributed by atoms with Crippen molar-refractivity contribution < 1.29 is 18.4 Å². The fourth-order valence-electron chi connectivity index (χ4n) is 5.10. The molecule has 2 N–H and O–H groups in total. The van der Waals surface area contributed by atoms with Crippen molar-refractivity contribution >= 4 is 28.2 Å². The van der Waals surface area contributed by atoms with Crippen molar-refractivity contribution in [2.24, 2.45) is 0 Å². The third-order valence-corrected chi connectivity index (χ3v) is 18.9. The molecule has 1 aliphatic rings. The van der Waals surface area contributed by atoms with E-state index in [1.54, 1.807) is 19.2 Å². The van der Waals surface area contributed by atoms with Crippen molar-refractivity contribution in [1.82, 2.24) is 4.90 Å². The molecule has 0 bridgehead atoms. The highest BCUT2D eigenvalue weighted by atomic mass is 28.4. The average Bonchev–Trinajstić information content (AvgIpc) is 2.69. The normalized spacial score (nSPS) is 17.2. The highest BCUT2D eigenvalue weighted by Gasteiger charge is 2.47. The molecule has 2 rings (SSSR count). The second kappa shape index (κ2) is 10.8. The van der Waals surface area contributed by atoms with Gasteiger partial charge in [0.25, 0.3) is 14.2 Å². The molecule has 6 nitrogen and oxygen atoms in total. The zero-order chi connectivity index (χ0) is 26.9. The summed E-state index contributed by atoms with van der Waals surface area (Å²) in [6, 6.07) is 3.64. The molecule has 1 aromatic carbocycles. The summed E-state index contributed by atoms with van der Waals surface area (Å²) in [4.78, 5) is 15.4. The summed E-state index contributed by atoms with van der Waals surface area (Å²) >= 11 is 0. The Hall–Kier alpha value is -1.52. The van der Waals surface area contributed by atoms with E-state index in [1.165, 1.54) is 0 Å². The van der Waals surface area contributed by atoms with Crippen LogP contribution in [0.15, 0.2) is 12.1 Å². The van der Waals surface area contributed by atoms with Crippen molar-refractivity contribution in [1.29, 1.82) is 0 Å². The molecule has 1 saturated heterocycles. The van der Waals surface area contributed by atoms with Gasteiger partial charge in [0.05, 0.1) is 25.3 Å². The molecule has 0 aromatic heterocycles. The number of carbonyl (C=O) groups is 1. The lowest BCUT2D eigenvalue weighted by molar-refractivity contribution is 0.0314. The van der Waals surface area contributed by atoms with E-state index in [-0.39, 0.29) is 17.0 Å². The van der Waals surface area contributed by atoms with Crippen molar-refractivity contribution in [3.8, 4) is 11.5 Å². The van der Waals surface area contributed by atoms with E-state index in [9.17, 15) is 4.79 Å². The molecule has 0 unspecified atom stereocenters. The number of benzene rings is 1. The number of amides is 1. The Morgan fingerprint density at radius 3 is 2.00 bits per heavy atom. The SMILES string of the molecule is COc1cc(C(=O)N2CC[C@H]2CO[Si](C)(C)C(C)(C)C)c(N)cc1O[Si](C(C)C)(C(C)C)C(C)C. The van der Waals surface area contributed by atoms with Crippen LogP contribution in [0.4, 0.5) is 5.69 Å². The first kappa shape index (κ1) is 29.7. The van der Waals surface area contributed by atoms with Gasteiger partial charge in [0, 0.05) is 18.3 Å². The van der Waals surface area contributed by atoms with Crippen LogP contribution >= 0.6 is 0 Å². The molecule has 1 aromatic rings. The zero-order valence-corrected chi connectivity index (χ0v) is 26.2. The summed E-state index contributed by atoms with van der Waals surface area (Å²) in [6.07, 6.45) is 0.948. The predicted octanol–water partition coefficient (Wildman–Crippen LogP) is 7.07. The van der Waals surface area contributed by atoms with Crippen LogP contribution in [0.2, 0.25) is 34.8 Å². The number of nitrogens with zero attached hydrogens (tertiary/aromatic N) is 1. The van der Waals surface area contributed by atoms with E-state index in [0.29, 0.717) is 52.5 Å². The van der Waals surface area contributed by atoms with Crippen LogP contribution < -0.4 is 14.9 Å². The largest absolute Gasteiger partial charge is 0.540 e. The van der Waals surface area contributed by atoms with E-state index >= 15 is 0 Å². The standard InChI is InChI=1S/C27H50N2O4Si2/c1-18(2)35(19(3)4,20(5)6)33-25-16-23(28)22(15-24(25)31-10)26(30)29-14-13-21(29)17-32-34(11,12)27(7,8)9/h15-16,18-21H,13-14,17,28H2,1-12H3/t21-/m0/s1. The zero-order valence-electron chi connectivity index (χ0n) is 24.2. The molecule has 35 heavy (non-hydrogen) atoms. The fraction of sp³-hybridized carbons (Fsp3) is 0.741. The molecule has 8 heteroatoms. The lowest BCUT2D eigenvalue weighted by atomic mass is 10.0. The highest BCUT2D eigenvalue weighted by Crippen LogP contribution is 2.46. The minimum absolute atomic E-state index is 0.0671. The summed E-state index contributed by atoms with van der Waals surface area (Å²) in [5.74, 6) is 1.14. The van der Waals surface area contributed by atoms with Crippen LogP contribution in [0.25, 0.3) is 0 Å². The second-order valence-corrected chi connectivity index (χ2v) is 22.7. The number of ether oxygens (including phenoxy) is 1. The molecule has 0 aliphatic carbocycles. The smallest absolute Gasteiger partial charge is 0.258 e. The van der Waals surface area contributed by atoms with Gasteiger partial charge in [0.15, 0.2) is 14.1 Å². The number of hydrogen-bond donors (Lipinski definition) is 1. The summed E-state index contributed by atoms with van der Waals surface area (Å²) in [5, 5.41) is 0.139. The second-order valence-electron chi connectivity index (χ2n) is 12.5. The van der Waals surface area contributed by atoms with Gasteiger partial charge < -0.3 is 24.2 Å². The topological polar surface area (TPSA) is 74.0 Å². The highest BCUT2D eigenvalue weighted by molar-refractivity contribution is 6.78. The van der Waals surface area contributed by atoms with E-state index in [4.69, 9.17) is 19.3 Å². The molecule has 0 radical (unpaired) electrons. The first-order valence-corrected chi connectivity index (χ1v) is 18.2. The van der Waals surface area contributed by atoms with E-state index in [1.807, 2.05) is 4.90 Å². The number of methoxy groups -OCH3 is 1. The number of nitrogens with two attached hydrogens (primary N) is 1. The minimum Gasteiger partial charge on any atom is -0.540 e. The fourth-order valence-corrected chi connectivity index (χ4v) is 11.4. The molecule has 1 heterocycles. The van der Waals surface area contributed by atoms with Gasteiger partial charge in [-0.15, -0.1) is 0 Å². The predicted molar refractivity (Wildman–Crippen MR) is 152 cm³/mol. The van der Waals surface area contributed by atoms with Gasteiger partial charge in [-0.3, -0.25) is 4.79 Å². The maximum Gasteiger partial charge on any atom is 0.258 e. The van der Waals surface area contributed by atoms with Crippen molar-refractivity contribution in [2.75, 3.05) is 26.0 Å². The minimum atomic E-state index is -2.20. The lowest BCUT2D eigenvalue weighted by Gasteiger charge is -2.44. The summed E-state index contributed by atoms with van der Waals surface area (Å²) < 4.78 is 19.0. The van der Waals surface area contributed by atoms with Gasteiger partial charge >= 0.3 is 0 Å². The van der Waals surface area contributed by atoms with Gasteiger partial charge in [0.2, 0.25) is 0 Å². The van der Waals surface area contributed by atoms with Crippen LogP contribution in [0.5, 0.6) is 11.5 Å². The number of rotatable bonds is 10. The number of nitrogen functional groups attached to an aromatic ring is 1. The Kier molecular flexibility index (Phi) is 9.21. The number of carbonyl (C=O) groups excluding carboxylic acids is 1. The molecule has 0 spiro atoms. The van der Waals surface area contributed by atoms with Crippen LogP contribution in [0.1, 0.15) is 79.1 Å². The van der Waals surface area contributed by atoms with Crippen LogP contribution in [-0.2, 0) is 4.43 Å². The summed E-state index contributed by atoms with van der Waals surface area (Å²) in [7, 11) is -2.45. The molecule has 1 atom stereocenters. The van der Waals surface area contributed by atoms with Crippen molar-refractivity contribution in [3.05, 3.63) is 17.7 Å². The molecule has 200 valence electrons. The molecular weight excluding hydrogens is 472 g/mol. The van der Waals surface area contributed by atoms with Crippen LogP contribution in [0, 0.1) is 0 Å². The van der Waals surface area contributed by atoms with E-state index in [2.05, 4.69) is 75.4 Å². The van der Waals surface area contributed by atoms with Gasteiger partial charge in [-0.05, 0) is 47.2 Å². The Bertz CT molecular complexity index is 872. The Morgan fingerprint density at radius 2 is 1.60 bits per heavy atom. The van der Waals surface area contributed by atoms with Gasteiger partial charge in [-0.1, -0.05) is 62.3 Å². The first-order chi connectivity index (χ1) is 16.0. The van der Waals surface area contributed by atoms with Crippen molar-refractivity contribution in [2.45, 2.75) is 110 Å². The van der Waals surface area contributed by atoms with Crippen molar-refractivity contribution in [3.63, 3.8) is 0 Å². The lowest BCUT2D eigenvalue weighted by Crippen LogP contribution is -2.55. The quantitative estimate of drug-likeness (QED) is 0.263. The maximum absolute atomic E-state index is 13.5. The Morgan fingerprint density at radius 1 is 1.06 bits per heavy atom. The molecular formula is C27H50N2O4Si2. The maximum atomic E-state index is 13.5. The van der Waals surface area contributed by atoms with Gasteiger partial charge in [0.1, 0.15) is 5.75 Å². The third kappa shape index (κ3) is 5.91. The van der Waals surface area contributed by atoms with Crippen LogP contribution in [-0.4, -0.2) is 53.7 Å².